The first-order valence-corrected chi connectivity index (χ1v) is 7.37. The van der Waals surface area contributed by atoms with E-state index in [9.17, 15) is 0 Å². The Morgan fingerprint density at radius 2 is 2.15 bits per heavy atom. The third-order valence-corrected chi connectivity index (χ3v) is 4.16. The van der Waals surface area contributed by atoms with Crippen LogP contribution in [0.3, 0.4) is 0 Å². The summed E-state index contributed by atoms with van der Waals surface area (Å²) >= 11 is 7.62. The first-order valence-electron chi connectivity index (χ1n) is 6.17. The number of thiazole rings is 1. The quantitative estimate of drug-likeness (QED) is 0.766. The molecule has 0 aliphatic carbocycles. The van der Waals surface area contributed by atoms with E-state index in [-0.39, 0.29) is 0 Å². The van der Waals surface area contributed by atoms with Crippen molar-refractivity contribution in [3.05, 3.63) is 52.5 Å². The fourth-order valence-corrected chi connectivity index (χ4v) is 3.06. The molecule has 102 valence electrons. The fraction of sp³-hybridized carbons (Fsp3) is 0.133. The van der Waals surface area contributed by atoms with Gasteiger partial charge in [-0.05, 0) is 36.4 Å². The molecule has 0 aliphatic rings. The van der Waals surface area contributed by atoms with Crippen LogP contribution in [0.5, 0.6) is 5.75 Å². The number of halogens is 1. The van der Waals surface area contributed by atoms with Gasteiger partial charge in [-0.3, -0.25) is 0 Å². The second kappa shape index (κ2) is 5.69. The average Bonchev–Trinajstić information content (AvgIpc) is 2.87. The smallest absolute Gasteiger partial charge is 0.120 e. The summed E-state index contributed by atoms with van der Waals surface area (Å²) in [6.45, 7) is 0.683. The number of ether oxygens (including phenoxy) is 1. The van der Waals surface area contributed by atoms with Crippen LogP contribution in [-0.4, -0.2) is 12.1 Å². The van der Waals surface area contributed by atoms with Crippen molar-refractivity contribution in [1.29, 1.82) is 0 Å². The van der Waals surface area contributed by atoms with Crippen LogP contribution in [0, 0.1) is 0 Å². The number of benzene rings is 2. The van der Waals surface area contributed by atoms with Gasteiger partial charge in [-0.25, -0.2) is 4.98 Å². The molecule has 20 heavy (non-hydrogen) atoms. The molecule has 3 rings (SSSR count). The minimum absolute atomic E-state index is 0.683. The summed E-state index contributed by atoms with van der Waals surface area (Å²) in [5.41, 5.74) is 1.99. The largest absolute Gasteiger partial charge is 0.497 e. The van der Waals surface area contributed by atoms with Gasteiger partial charge in [-0.15, -0.1) is 11.3 Å². The number of fused-ring (bicyclic) bond motifs is 1. The Morgan fingerprint density at radius 1 is 1.25 bits per heavy atom. The third-order valence-electron chi connectivity index (χ3n) is 2.91. The van der Waals surface area contributed by atoms with E-state index in [1.165, 1.54) is 0 Å². The standard InChI is InChI=1S/C15H13ClN2OS/c1-19-12-5-6-13-14(8-12)20-15(18-13)9-17-11-4-2-3-10(16)7-11/h2-8,17H,9H2,1H3. The topological polar surface area (TPSA) is 34.1 Å². The lowest BCUT2D eigenvalue weighted by Gasteiger charge is -2.03. The summed E-state index contributed by atoms with van der Waals surface area (Å²) < 4.78 is 6.35. The van der Waals surface area contributed by atoms with E-state index in [0.717, 1.165) is 31.7 Å². The van der Waals surface area contributed by atoms with E-state index in [1.54, 1.807) is 18.4 Å². The summed E-state index contributed by atoms with van der Waals surface area (Å²) in [5, 5.41) is 5.08. The van der Waals surface area contributed by atoms with Crippen molar-refractivity contribution in [2.45, 2.75) is 6.54 Å². The Labute approximate surface area is 126 Å². The van der Waals surface area contributed by atoms with Gasteiger partial charge in [0.1, 0.15) is 10.8 Å². The highest BCUT2D eigenvalue weighted by Gasteiger charge is 2.05. The van der Waals surface area contributed by atoms with Gasteiger partial charge in [-0.1, -0.05) is 17.7 Å². The van der Waals surface area contributed by atoms with Crippen LogP contribution in [0.4, 0.5) is 5.69 Å². The number of anilines is 1. The lowest BCUT2D eigenvalue weighted by molar-refractivity contribution is 0.415. The Hall–Kier alpha value is -1.78. The van der Waals surface area contributed by atoms with Gasteiger partial charge in [0, 0.05) is 10.7 Å². The molecule has 0 saturated heterocycles. The summed E-state index contributed by atoms with van der Waals surface area (Å²) in [5.74, 6) is 0.857. The predicted octanol–water partition coefficient (Wildman–Crippen LogP) is 4.57. The molecular weight excluding hydrogens is 292 g/mol. The van der Waals surface area contributed by atoms with Crippen LogP contribution in [0.25, 0.3) is 10.2 Å². The molecular formula is C15H13ClN2OS. The molecule has 0 saturated carbocycles. The van der Waals surface area contributed by atoms with Crippen LogP contribution in [0.1, 0.15) is 5.01 Å². The lowest BCUT2D eigenvalue weighted by Crippen LogP contribution is -1.98. The summed E-state index contributed by atoms with van der Waals surface area (Å²) in [4.78, 5) is 4.59. The number of rotatable bonds is 4. The van der Waals surface area contributed by atoms with Crippen molar-refractivity contribution in [3.63, 3.8) is 0 Å². The van der Waals surface area contributed by atoms with Gasteiger partial charge >= 0.3 is 0 Å². The molecule has 0 spiro atoms. The molecule has 0 amide bonds. The molecule has 3 nitrogen and oxygen atoms in total. The molecule has 0 aliphatic heterocycles. The zero-order valence-electron chi connectivity index (χ0n) is 10.9. The van der Waals surface area contributed by atoms with Gasteiger partial charge in [-0.2, -0.15) is 0 Å². The molecule has 1 heterocycles. The van der Waals surface area contributed by atoms with Crippen molar-refractivity contribution in [1.82, 2.24) is 4.98 Å². The maximum atomic E-state index is 5.96. The number of aromatic nitrogens is 1. The molecule has 3 aromatic rings. The van der Waals surface area contributed by atoms with Gasteiger partial charge in [0.15, 0.2) is 0 Å². The zero-order chi connectivity index (χ0) is 13.9. The van der Waals surface area contributed by atoms with Crippen LogP contribution < -0.4 is 10.1 Å². The van der Waals surface area contributed by atoms with Crippen molar-refractivity contribution >= 4 is 38.8 Å². The van der Waals surface area contributed by atoms with E-state index >= 15 is 0 Å². The molecule has 0 bridgehead atoms. The Bertz CT molecular complexity index is 742. The second-order valence-corrected chi connectivity index (χ2v) is 5.86. The predicted molar refractivity (Wildman–Crippen MR) is 85.0 cm³/mol. The summed E-state index contributed by atoms with van der Waals surface area (Å²) in [6, 6.07) is 13.6. The second-order valence-electron chi connectivity index (χ2n) is 4.31. The van der Waals surface area contributed by atoms with Crippen molar-refractivity contribution in [2.75, 3.05) is 12.4 Å². The molecule has 1 N–H and O–H groups in total. The average molecular weight is 305 g/mol. The van der Waals surface area contributed by atoms with Gasteiger partial charge in [0.05, 0.1) is 23.9 Å². The molecule has 0 unspecified atom stereocenters. The molecule has 1 aromatic heterocycles. The SMILES string of the molecule is COc1ccc2nc(CNc3cccc(Cl)c3)sc2c1. The molecule has 0 fully saturated rings. The first-order chi connectivity index (χ1) is 9.74. The molecule has 5 heteroatoms. The molecule has 0 radical (unpaired) electrons. The molecule has 2 aromatic carbocycles. The van der Waals surface area contributed by atoms with Gasteiger partial charge in [0.25, 0.3) is 0 Å². The number of nitrogens with one attached hydrogen (secondary N) is 1. The lowest BCUT2D eigenvalue weighted by atomic mass is 10.3. The summed E-state index contributed by atoms with van der Waals surface area (Å²) in [6.07, 6.45) is 0. The van der Waals surface area contributed by atoms with Crippen molar-refractivity contribution < 1.29 is 4.74 Å². The minimum atomic E-state index is 0.683. The van der Waals surface area contributed by atoms with E-state index in [2.05, 4.69) is 10.3 Å². The highest BCUT2D eigenvalue weighted by molar-refractivity contribution is 7.18. The van der Waals surface area contributed by atoms with Crippen LogP contribution >= 0.6 is 22.9 Å². The van der Waals surface area contributed by atoms with E-state index < -0.39 is 0 Å². The van der Waals surface area contributed by atoms with Crippen LogP contribution in [0.2, 0.25) is 5.02 Å². The van der Waals surface area contributed by atoms with Gasteiger partial charge in [0.2, 0.25) is 0 Å². The number of nitrogens with zero attached hydrogens (tertiary/aromatic N) is 1. The van der Waals surface area contributed by atoms with Crippen LogP contribution in [0.15, 0.2) is 42.5 Å². The Kier molecular flexibility index (Phi) is 3.76. The van der Waals surface area contributed by atoms with Gasteiger partial charge < -0.3 is 10.1 Å². The van der Waals surface area contributed by atoms with E-state index in [4.69, 9.17) is 16.3 Å². The maximum absolute atomic E-state index is 5.96. The number of hydrogen-bond donors (Lipinski definition) is 1. The maximum Gasteiger partial charge on any atom is 0.120 e. The minimum Gasteiger partial charge on any atom is -0.497 e. The monoisotopic (exact) mass is 304 g/mol. The highest BCUT2D eigenvalue weighted by atomic mass is 35.5. The number of methoxy groups -OCH3 is 1. The first kappa shape index (κ1) is 13.2. The van der Waals surface area contributed by atoms with E-state index in [1.807, 2.05) is 42.5 Å². The Balaban J connectivity index is 1.77. The normalized spacial score (nSPS) is 10.7. The fourth-order valence-electron chi connectivity index (χ4n) is 1.93. The molecule has 0 atom stereocenters. The third kappa shape index (κ3) is 2.86. The van der Waals surface area contributed by atoms with Crippen molar-refractivity contribution in [3.8, 4) is 5.75 Å². The number of hydrogen-bond acceptors (Lipinski definition) is 4. The van der Waals surface area contributed by atoms with Crippen molar-refractivity contribution in [2.24, 2.45) is 0 Å². The van der Waals surface area contributed by atoms with E-state index in [0.29, 0.717) is 6.54 Å². The Morgan fingerprint density at radius 3 is 2.95 bits per heavy atom. The highest BCUT2D eigenvalue weighted by Crippen LogP contribution is 2.27. The zero-order valence-corrected chi connectivity index (χ0v) is 12.5. The summed E-state index contributed by atoms with van der Waals surface area (Å²) in [7, 11) is 1.67. The van der Waals surface area contributed by atoms with Crippen LogP contribution in [-0.2, 0) is 6.54 Å².